The van der Waals surface area contributed by atoms with Crippen LogP contribution in [0.3, 0.4) is 0 Å². The van der Waals surface area contributed by atoms with Crippen LogP contribution >= 0.6 is 0 Å². The van der Waals surface area contributed by atoms with Gasteiger partial charge in [0.15, 0.2) is 5.69 Å². The first-order valence-electron chi connectivity index (χ1n) is 3.79. The van der Waals surface area contributed by atoms with Crippen molar-refractivity contribution < 1.29 is 9.90 Å². The number of aromatic nitrogens is 2. The summed E-state index contributed by atoms with van der Waals surface area (Å²) in [5, 5.41) is 18.3. The Balaban J connectivity index is 2.44. The highest BCUT2D eigenvalue weighted by atomic mass is 16.4. The van der Waals surface area contributed by atoms with E-state index in [9.17, 15) is 4.79 Å². The normalized spacial score (nSPS) is 15.7. The van der Waals surface area contributed by atoms with Crippen molar-refractivity contribution >= 4 is 5.97 Å². The fraction of sp³-hybridized carbons (Fsp3) is 0.429. The van der Waals surface area contributed by atoms with Crippen LogP contribution in [0.1, 0.15) is 21.7 Å². The number of aromatic amines is 1. The summed E-state index contributed by atoms with van der Waals surface area (Å²) in [5.74, 6) is -0.950. The third kappa shape index (κ3) is 0.984. The number of rotatable bonds is 1. The third-order valence-electron chi connectivity index (χ3n) is 2.01. The van der Waals surface area contributed by atoms with Crippen LogP contribution in [0.25, 0.3) is 0 Å². The number of H-pyrrole nitrogens is 1. The standard InChI is InChI=1S/C7H9N3O2/c11-7(12)6-4-1-2-8-3-5(4)9-10-6/h8H,1-3H2,(H,9,10)(H,11,12). The summed E-state index contributed by atoms with van der Waals surface area (Å²) in [5.41, 5.74) is 1.92. The van der Waals surface area contributed by atoms with Gasteiger partial charge in [-0.3, -0.25) is 5.10 Å². The van der Waals surface area contributed by atoms with Crippen LogP contribution in [-0.4, -0.2) is 27.8 Å². The maximum absolute atomic E-state index is 10.6. The van der Waals surface area contributed by atoms with Crippen LogP contribution in [0.2, 0.25) is 0 Å². The molecule has 3 N–H and O–H groups in total. The molecule has 2 rings (SSSR count). The highest BCUT2D eigenvalue weighted by molar-refractivity contribution is 5.87. The predicted octanol–water partition coefficient (Wildman–Crippen LogP) is -0.246. The minimum Gasteiger partial charge on any atom is -0.476 e. The molecule has 5 nitrogen and oxygen atoms in total. The van der Waals surface area contributed by atoms with Gasteiger partial charge in [0.1, 0.15) is 0 Å². The molecule has 2 heterocycles. The molecule has 12 heavy (non-hydrogen) atoms. The van der Waals surface area contributed by atoms with E-state index in [0.29, 0.717) is 6.54 Å². The highest BCUT2D eigenvalue weighted by Crippen LogP contribution is 2.14. The molecule has 0 unspecified atom stereocenters. The van der Waals surface area contributed by atoms with Crippen molar-refractivity contribution in [3.8, 4) is 0 Å². The van der Waals surface area contributed by atoms with E-state index < -0.39 is 5.97 Å². The van der Waals surface area contributed by atoms with Gasteiger partial charge in [0.2, 0.25) is 0 Å². The summed E-state index contributed by atoms with van der Waals surface area (Å²) < 4.78 is 0. The van der Waals surface area contributed by atoms with Crippen molar-refractivity contribution in [3.63, 3.8) is 0 Å². The minimum atomic E-state index is -0.950. The zero-order valence-electron chi connectivity index (χ0n) is 6.42. The molecule has 0 aromatic carbocycles. The molecule has 1 aromatic rings. The molecule has 5 heteroatoms. The second-order valence-corrected chi connectivity index (χ2v) is 2.76. The molecule has 0 saturated heterocycles. The van der Waals surface area contributed by atoms with E-state index in [2.05, 4.69) is 15.5 Å². The lowest BCUT2D eigenvalue weighted by atomic mass is 10.1. The van der Waals surface area contributed by atoms with Crippen LogP contribution in [0, 0.1) is 0 Å². The molecule has 1 aliphatic rings. The van der Waals surface area contributed by atoms with Gasteiger partial charge in [0, 0.05) is 12.1 Å². The number of hydrogen-bond acceptors (Lipinski definition) is 3. The number of nitrogens with one attached hydrogen (secondary N) is 2. The molecule has 0 radical (unpaired) electrons. The second-order valence-electron chi connectivity index (χ2n) is 2.76. The van der Waals surface area contributed by atoms with E-state index in [1.165, 1.54) is 0 Å². The van der Waals surface area contributed by atoms with E-state index >= 15 is 0 Å². The topological polar surface area (TPSA) is 78.0 Å². The van der Waals surface area contributed by atoms with Gasteiger partial charge in [-0.25, -0.2) is 4.79 Å². The van der Waals surface area contributed by atoms with Crippen LogP contribution in [0.5, 0.6) is 0 Å². The first-order valence-corrected chi connectivity index (χ1v) is 3.79. The van der Waals surface area contributed by atoms with Crippen LogP contribution in [0.4, 0.5) is 0 Å². The molecule has 64 valence electrons. The van der Waals surface area contributed by atoms with Crippen molar-refractivity contribution in [1.29, 1.82) is 0 Å². The van der Waals surface area contributed by atoms with E-state index in [1.54, 1.807) is 0 Å². The number of fused-ring (bicyclic) bond motifs is 1. The maximum Gasteiger partial charge on any atom is 0.356 e. The van der Waals surface area contributed by atoms with Gasteiger partial charge in [-0.05, 0) is 13.0 Å². The lowest BCUT2D eigenvalue weighted by molar-refractivity contribution is 0.0689. The quantitative estimate of drug-likeness (QED) is 0.539. The summed E-state index contributed by atoms with van der Waals surface area (Å²) in [4.78, 5) is 10.6. The smallest absolute Gasteiger partial charge is 0.356 e. The zero-order valence-corrected chi connectivity index (χ0v) is 6.42. The summed E-state index contributed by atoms with van der Waals surface area (Å²) in [6, 6.07) is 0. The Bertz CT molecular complexity index is 318. The summed E-state index contributed by atoms with van der Waals surface area (Å²) in [6.45, 7) is 1.52. The van der Waals surface area contributed by atoms with Crippen molar-refractivity contribution in [1.82, 2.24) is 15.5 Å². The van der Waals surface area contributed by atoms with Crippen LogP contribution in [-0.2, 0) is 13.0 Å². The van der Waals surface area contributed by atoms with Gasteiger partial charge in [-0.1, -0.05) is 0 Å². The fourth-order valence-corrected chi connectivity index (χ4v) is 1.42. The molecule has 0 atom stereocenters. The Hall–Kier alpha value is -1.36. The molecule has 0 fully saturated rings. The Morgan fingerprint density at radius 3 is 3.17 bits per heavy atom. The molecule has 0 amide bonds. The average Bonchev–Trinajstić information content (AvgIpc) is 2.47. The van der Waals surface area contributed by atoms with Gasteiger partial charge in [0.05, 0.1) is 5.69 Å². The van der Waals surface area contributed by atoms with Crippen molar-refractivity contribution in [2.45, 2.75) is 13.0 Å². The Labute approximate surface area is 68.8 Å². The van der Waals surface area contributed by atoms with Crippen molar-refractivity contribution in [2.24, 2.45) is 0 Å². The van der Waals surface area contributed by atoms with E-state index in [4.69, 9.17) is 5.11 Å². The summed E-state index contributed by atoms with van der Waals surface area (Å²) >= 11 is 0. The maximum atomic E-state index is 10.6. The monoisotopic (exact) mass is 167 g/mol. The van der Waals surface area contributed by atoms with E-state index in [1.807, 2.05) is 0 Å². The lowest BCUT2D eigenvalue weighted by Gasteiger charge is -2.11. The number of carboxylic acid groups (broad SMARTS) is 1. The first-order chi connectivity index (χ1) is 5.79. The molecule has 0 bridgehead atoms. The van der Waals surface area contributed by atoms with Gasteiger partial charge < -0.3 is 10.4 Å². The van der Waals surface area contributed by atoms with Gasteiger partial charge in [0.25, 0.3) is 0 Å². The molecular formula is C7H9N3O2. The van der Waals surface area contributed by atoms with E-state index in [0.717, 1.165) is 24.2 Å². The summed E-state index contributed by atoms with van der Waals surface area (Å²) in [7, 11) is 0. The van der Waals surface area contributed by atoms with Crippen molar-refractivity contribution in [3.05, 3.63) is 17.0 Å². The lowest BCUT2D eigenvalue weighted by Crippen LogP contribution is -2.24. The summed E-state index contributed by atoms with van der Waals surface area (Å²) in [6.07, 6.45) is 0.744. The molecule has 0 saturated carbocycles. The molecular weight excluding hydrogens is 158 g/mol. The number of hydrogen-bond donors (Lipinski definition) is 3. The van der Waals surface area contributed by atoms with Gasteiger partial charge in [-0.15, -0.1) is 0 Å². The molecule has 0 aliphatic carbocycles. The largest absolute Gasteiger partial charge is 0.476 e. The number of nitrogens with zero attached hydrogens (tertiary/aromatic N) is 1. The van der Waals surface area contributed by atoms with Gasteiger partial charge in [-0.2, -0.15) is 5.10 Å². The average molecular weight is 167 g/mol. The number of carbonyl (C=O) groups is 1. The van der Waals surface area contributed by atoms with Gasteiger partial charge >= 0.3 is 5.97 Å². The predicted molar refractivity (Wildman–Crippen MR) is 41.0 cm³/mol. The number of carboxylic acids is 1. The Morgan fingerprint density at radius 1 is 1.58 bits per heavy atom. The van der Waals surface area contributed by atoms with Crippen molar-refractivity contribution in [2.75, 3.05) is 6.54 Å². The molecule has 0 spiro atoms. The van der Waals surface area contributed by atoms with E-state index in [-0.39, 0.29) is 5.69 Å². The van der Waals surface area contributed by atoms with Crippen LogP contribution in [0.15, 0.2) is 0 Å². The molecule has 1 aromatic heterocycles. The highest BCUT2D eigenvalue weighted by Gasteiger charge is 2.20. The second kappa shape index (κ2) is 2.60. The SMILES string of the molecule is O=C(O)c1n[nH]c2c1CCNC2. The fourth-order valence-electron chi connectivity index (χ4n) is 1.42. The first kappa shape index (κ1) is 7.30. The number of aromatic carboxylic acids is 1. The minimum absolute atomic E-state index is 0.173. The third-order valence-corrected chi connectivity index (χ3v) is 2.01. The Kier molecular flexibility index (Phi) is 1.58. The Morgan fingerprint density at radius 2 is 2.42 bits per heavy atom. The molecule has 1 aliphatic heterocycles. The zero-order chi connectivity index (χ0) is 8.55. The van der Waals surface area contributed by atoms with Crippen LogP contribution < -0.4 is 5.32 Å².